The number of rotatable bonds is 7. The number of benzene rings is 1. The summed E-state index contributed by atoms with van der Waals surface area (Å²) in [7, 11) is 1.23. The SMILES string of the molecule is CCCNC(CC(=O)OC)c1ccccc1OC(F)(F)F. The van der Waals surface area contributed by atoms with Crippen molar-refractivity contribution < 1.29 is 27.4 Å². The fourth-order valence-corrected chi connectivity index (χ4v) is 1.85. The first-order valence-corrected chi connectivity index (χ1v) is 6.52. The minimum atomic E-state index is -4.78. The largest absolute Gasteiger partial charge is 0.573 e. The number of carbonyl (C=O) groups is 1. The van der Waals surface area contributed by atoms with E-state index in [1.54, 1.807) is 6.07 Å². The summed E-state index contributed by atoms with van der Waals surface area (Å²) >= 11 is 0. The lowest BCUT2D eigenvalue weighted by atomic mass is 10.0. The first-order chi connectivity index (χ1) is 9.87. The molecule has 0 aliphatic heterocycles. The molecule has 4 nitrogen and oxygen atoms in total. The fraction of sp³-hybridized carbons (Fsp3) is 0.500. The van der Waals surface area contributed by atoms with Crippen molar-refractivity contribution in [2.45, 2.75) is 32.2 Å². The van der Waals surface area contributed by atoms with Crippen LogP contribution in [0.3, 0.4) is 0 Å². The number of alkyl halides is 3. The number of nitrogens with one attached hydrogen (secondary N) is 1. The highest BCUT2D eigenvalue weighted by Crippen LogP contribution is 2.31. The number of hydrogen-bond acceptors (Lipinski definition) is 4. The smallest absolute Gasteiger partial charge is 0.469 e. The third-order valence-electron chi connectivity index (χ3n) is 2.76. The number of para-hydroxylation sites is 1. The Labute approximate surface area is 121 Å². The van der Waals surface area contributed by atoms with Crippen LogP contribution in [0.25, 0.3) is 0 Å². The monoisotopic (exact) mass is 305 g/mol. The molecule has 7 heteroatoms. The van der Waals surface area contributed by atoms with Crippen LogP contribution in [-0.4, -0.2) is 26.0 Å². The van der Waals surface area contributed by atoms with Gasteiger partial charge in [0.1, 0.15) is 5.75 Å². The van der Waals surface area contributed by atoms with Crippen LogP contribution in [0.15, 0.2) is 24.3 Å². The van der Waals surface area contributed by atoms with Crippen molar-refractivity contribution >= 4 is 5.97 Å². The topological polar surface area (TPSA) is 47.6 Å². The lowest BCUT2D eigenvalue weighted by Gasteiger charge is -2.21. The first kappa shape index (κ1) is 17.3. The molecule has 0 bridgehead atoms. The molecule has 1 N–H and O–H groups in total. The van der Waals surface area contributed by atoms with Crippen LogP contribution in [0.4, 0.5) is 13.2 Å². The van der Waals surface area contributed by atoms with Crippen LogP contribution >= 0.6 is 0 Å². The molecule has 0 aliphatic carbocycles. The zero-order valence-electron chi connectivity index (χ0n) is 11.9. The van der Waals surface area contributed by atoms with Crippen molar-refractivity contribution in [2.24, 2.45) is 0 Å². The molecule has 21 heavy (non-hydrogen) atoms. The summed E-state index contributed by atoms with van der Waals surface area (Å²) in [6, 6.07) is 5.16. The number of methoxy groups -OCH3 is 1. The highest BCUT2D eigenvalue weighted by Gasteiger charge is 2.33. The summed E-state index contributed by atoms with van der Waals surface area (Å²) in [5.74, 6) is -0.826. The molecule has 0 saturated carbocycles. The molecule has 0 heterocycles. The van der Waals surface area contributed by atoms with Gasteiger partial charge in [-0.3, -0.25) is 4.79 Å². The van der Waals surface area contributed by atoms with Gasteiger partial charge in [-0.05, 0) is 19.0 Å². The normalized spacial score (nSPS) is 12.8. The van der Waals surface area contributed by atoms with Crippen molar-refractivity contribution in [3.8, 4) is 5.75 Å². The van der Waals surface area contributed by atoms with Gasteiger partial charge in [0.25, 0.3) is 0 Å². The van der Waals surface area contributed by atoms with E-state index in [0.29, 0.717) is 6.54 Å². The van der Waals surface area contributed by atoms with Gasteiger partial charge in [-0.25, -0.2) is 0 Å². The van der Waals surface area contributed by atoms with E-state index < -0.39 is 18.4 Å². The number of esters is 1. The molecule has 0 saturated heterocycles. The summed E-state index contributed by atoms with van der Waals surface area (Å²) in [5.41, 5.74) is 0.272. The lowest BCUT2D eigenvalue weighted by molar-refractivity contribution is -0.275. The molecule has 118 valence electrons. The number of carbonyl (C=O) groups excluding carboxylic acids is 1. The second kappa shape index (κ2) is 7.87. The molecular formula is C14H18F3NO3. The summed E-state index contributed by atoms with van der Waals surface area (Å²) in [4.78, 5) is 11.4. The van der Waals surface area contributed by atoms with Gasteiger partial charge in [0.2, 0.25) is 0 Å². The van der Waals surface area contributed by atoms with Crippen LogP contribution in [-0.2, 0) is 9.53 Å². The maximum atomic E-state index is 12.4. The minimum Gasteiger partial charge on any atom is -0.469 e. The van der Waals surface area contributed by atoms with Gasteiger partial charge in [0.05, 0.1) is 13.5 Å². The van der Waals surface area contributed by atoms with Crippen molar-refractivity contribution in [2.75, 3.05) is 13.7 Å². The number of hydrogen-bond donors (Lipinski definition) is 1. The van der Waals surface area contributed by atoms with Gasteiger partial charge >= 0.3 is 12.3 Å². The Morgan fingerprint density at radius 1 is 1.33 bits per heavy atom. The summed E-state index contributed by atoms with van der Waals surface area (Å²) in [5, 5.41) is 3.03. The average Bonchev–Trinajstić information content (AvgIpc) is 2.42. The number of ether oxygens (including phenoxy) is 2. The second-order valence-corrected chi connectivity index (χ2v) is 4.37. The number of halogens is 3. The van der Waals surface area contributed by atoms with Gasteiger partial charge in [-0.2, -0.15) is 0 Å². The van der Waals surface area contributed by atoms with Crippen LogP contribution in [0.5, 0.6) is 5.75 Å². The Balaban J connectivity index is 3.02. The fourth-order valence-electron chi connectivity index (χ4n) is 1.85. The standard InChI is InChI=1S/C14H18F3NO3/c1-3-8-18-11(9-13(19)20-2)10-6-4-5-7-12(10)21-14(15,16)17/h4-7,11,18H,3,8-9H2,1-2H3. The van der Waals surface area contributed by atoms with Gasteiger partial charge in [0, 0.05) is 11.6 Å². The molecule has 1 aromatic rings. The molecule has 0 amide bonds. The maximum absolute atomic E-state index is 12.4. The Morgan fingerprint density at radius 3 is 2.57 bits per heavy atom. The van der Waals surface area contributed by atoms with E-state index in [4.69, 9.17) is 0 Å². The van der Waals surface area contributed by atoms with E-state index >= 15 is 0 Å². The Bertz CT molecular complexity index is 463. The average molecular weight is 305 g/mol. The highest BCUT2D eigenvalue weighted by atomic mass is 19.4. The molecule has 0 fully saturated rings. The third kappa shape index (κ3) is 6.03. The highest BCUT2D eigenvalue weighted by molar-refractivity contribution is 5.70. The van der Waals surface area contributed by atoms with E-state index in [0.717, 1.165) is 6.42 Å². The van der Waals surface area contributed by atoms with Crippen LogP contribution < -0.4 is 10.1 Å². The van der Waals surface area contributed by atoms with Gasteiger partial charge in [0.15, 0.2) is 0 Å². The van der Waals surface area contributed by atoms with Crippen molar-refractivity contribution in [3.05, 3.63) is 29.8 Å². The summed E-state index contributed by atoms with van der Waals surface area (Å²) < 4.78 is 45.9. The second-order valence-electron chi connectivity index (χ2n) is 4.37. The molecule has 0 aliphatic rings. The molecule has 0 radical (unpaired) electrons. The summed E-state index contributed by atoms with van der Waals surface area (Å²) in [6.07, 6.45) is -4.08. The molecule has 1 rings (SSSR count). The first-order valence-electron chi connectivity index (χ1n) is 6.52. The van der Waals surface area contributed by atoms with E-state index in [2.05, 4.69) is 14.8 Å². The predicted octanol–water partition coefficient (Wildman–Crippen LogP) is 3.19. The van der Waals surface area contributed by atoms with Gasteiger partial charge in [-0.15, -0.1) is 13.2 Å². The van der Waals surface area contributed by atoms with Crippen molar-refractivity contribution in [3.63, 3.8) is 0 Å². The maximum Gasteiger partial charge on any atom is 0.573 e. The van der Waals surface area contributed by atoms with Gasteiger partial charge in [-0.1, -0.05) is 25.1 Å². The van der Waals surface area contributed by atoms with E-state index in [9.17, 15) is 18.0 Å². The lowest BCUT2D eigenvalue weighted by Crippen LogP contribution is -2.27. The van der Waals surface area contributed by atoms with E-state index in [1.807, 2.05) is 6.92 Å². The third-order valence-corrected chi connectivity index (χ3v) is 2.76. The van der Waals surface area contributed by atoms with Crippen LogP contribution in [0, 0.1) is 0 Å². The summed E-state index contributed by atoms with van der Waals surface area (Å²) in [6.45, 7) is 2.47. The van der Waals surface area contributed by atoms with Gasteiger partial charge < -0.3 is 14.8 Å². The zero-order chi connectivity index (χ0) is 15.9. The van der Waals surface area contributed by atoms with Crippen LogP contribution in [0.1, 0.15) is 31.4 Å². The molecular weight excluding hydrogens is 287 g/mol. The van der Waals surface area contributed by atoms with Crippen molar-refractivity contribution in [1.82, 2.24) is 5.32 Å². The molecule has 1 atom stereocenters. The van der Waals surface area contributed by atoms with Crippen molar-refractivity contribution in [1.29, 1.82) is 0 Å². The van der Waals surface area contributed by atoms with E-state index in [1.165, 1.54) is 25.3 Å². The quantitative estimate of drug-likeness (QED) is 0.786. The predicted molar refractivity (Wildman–Crippen MR) is 70.8 cm³/mol. The molecule has 1 unspecified atom stereocenters. The molecule has 1 aromatic carbocycles. The Hall–Kier alpha value is -1.76. The Morgan fingerprint density at radius 2 is 2.00 bits per heavy atom. The van der Waals surface area contributed by atoms with Crippen LogP contribution in [0.2, 0.25) is 0 Å². The minimum absolute atomic E-state index is 0.0747. The zero-order valence-corrected chi connectivity index (χ0v) is 11.9. The Kier molecular flexibility index (Phi) is 6.48. The van der Waals surface area contributed by atoms with E-state index in [-0.39, 0.29) is 17.7 Å². The molecule has 0 spiro atoms. The molecule has 0 aromatic heterocycles.